The lowest BCUT2D eigenvalue weighted by atomic mass is 10.4. The Kier molecular flexibility index (Phi) is 4.50. The Bertz CT molecular complexity index is 818. The molecule has 0 bridgehead atoms. The highest BCUT2D eigenvalue weighted by molar-refractivity contribution is 5.70. The van der Waals surface area contributed by atoms with Crippen LogP contribution in [0.4, 0.5) is 0 Å². The van der Waals surface area contributed by atoms with Gasteiger partial charge >= 0.3 is 5.97 Å². The first-order valence-corrected chi connectivity index (χ1v) is 7.30. The third kappa shape index (κ3) is 3.57. The minimum Gasteiger partial charge on any atom is -0.462 e. The van der Waals surface area contributed by atoms with E-state index in [1.54, 1.807) is 51.0 Å². The van der Waals surface area contributed by atoms with Gasteiger partial charge in [0.25, 0.3) is 0 Å². The van der Waals surface area contributed by atoms with Crippen molar-refractivity contribution in [3.8, 4) is 23.0 Å². The second-order valence-electron chi connectivity index (χ2n) is 5.14. The number of rotatable bonds is 5. The Labute approximate surface area is 137 Å². The second-order valence-corrected chi connectivity index (χ2v) is 5.14. The SMILES string of the molecule is CC(C)OC(=O)Cn1nc(-c2cnccn2)nc1-c1cnccn1. The summed E-state index contributed by atoms with van der Waals surface area (Å²) in [5.74, 6) is 0.344. The van der Waals surface area contributed by atoms with Crippen molar-refractivity contribution in [2.75, 3.05) is 0 Å². The molecule has 0 aliphatic heterocycles. The summed E-state index contributed by atoms with van der Waals surface area (Å²) in [5.41, 5.74) is 0.996. The van der Waals surface area contributed by atoms with Crippen LogP contribution in [0.1, 0.15) is 13.8 Å². The number of nitrogens with zero attached hydrogens (tertiary/aromatic N) is 7. The van der Waals surface area contributed by atoms with Crippen LogP contribution < -0.4 is 0 Å². The first-order valence-electron chi connectivity index (χ1n) is 7.30. The minimum atomic E-state index is -0.411. The van der Waals surface area contributed by atoms with Crippen molar-refractivity contribution >= 4 is 5.97 Å². The second kappa shape index (κ2) is 6.90. The van der Waals surface area contributed by atoms with Crippen molar-refractivity contribution in [2.24, 2.45) is 0 Å². The molecule has 0 aliphatic carbocycles. The number of hydrogen-bond donors (Lipinski definition) is 0. The van der Waals surface area contributed by atoms with E-state index in [2.05, 4.69) is 30.0 Å². The van der Waals surface area contributed by atoms with E-state index in [1.165, 1.54) is 4.68 Å². The molecule has 3 heterocycles. The van der Waals surface area contributed by atoms with E-state index in [-0.39, 0.29) is 12.6 Å². The van der Waals surface area contributed by atoms with Crippen LogP contribution in [0.2, 0.25) is 0 Å². The molecule has 0 saturated heterocycles. The van der Waals surface area contributed by atoms with Gasteiger partial charge in [-0.25, -0.2) is 19.6 Å². The summed E-state index contributed by atoms with van der Waals surface area (Å²) in [4.78, 5) is 32.8. The highest BCUT2D eigenvalue weighted by Gasteiger charge is 2.18. The van der Waals surface area contributed by atoms with E-state index < -0.39 is 5.97 Å². The normalized spacial score (nSPS) is 10.8. The molecule has 0 radical (unpaired) electrons. The number of ether oxygens (including phenoxy) is 1. The summed E-state index contributed by atoms with van der Waals surface area (Å²) < 4.78 is 6.60. The predicted octanol–water partition coefficient (Wildman–Crippen LogP) is 1.14. The summed E-state index contributed by atoms with van der Waals surface area (Å²) in [5, 5.41) is 4.34. The monoisotopic (exact) mass is 325 g/mol. The fraction of sp³-hybridized carbons (Fsp3) is 0.267. The van der Waals surface area contributed by atoms with Crippen molar-refractivity contribution in [3.05, 3.63) is 37.2 Å². The Morgan fingerprint density at radius 2 is 1.75 bits per heavy atom. The van der Waals surface area contributed by atoms with Crippen LogP contribution in [-0.4, -0.2) is 46.8 Å². The lowest BCUT2D eigenvalue weighted by Gasteiger charge is -2.08. The molecule has 0 N–H and O–H groups in total. The molecule has 0 unspecified atom stereocenters. The van der Waals surface area contributed by atoms with Crippen molar-refractivity contribution < 1.29 is 9.53 Å². The Morgan fingerprint density at radius 1 is 1.08 bits per heavy atom. The van der Waals surface area contributed by atoms with E-state index in [0.717, 1.165) is 0 Å². The molecule has 0 aromatic carbocycles. The van der Waals surface area contributed by atoms with Gasteiger partial charge in [-0.15, -0.1) is 5.10 Å². The van der Waals surface area contributed by atoms with Gasteiger partial charge in [0.1, 0.15) is 17.9 Å². The van der Waals surface area contributed by atoms with Gasteiger partial charge in [-0.1, -0.05) is 0 Å². The van der Waals surface area contributed by atoms with Gasteiger partial charge in [-0.05, 0) is 13.8 Å². The summed E-state index contributed by atoms with van der Waals surface area (Å²) in [6, 6.07) is 0. The van der Waals surface area contributed by atoms with Crippen LogP contribution in [0.25, 0.3) is 23.0 Å². The number of carbonyl (C=O) groups excluding carboxylic acids is 1. The molecule has 122 valence electrons. The van der Waals surface area contributed by atoms with Crippen molar-refractivity contribution in [3.63, 3.8) is 0 Å². The van der Waals surface area contributed by atoms with Gasteiger partial charge in [0.15, 0.2) is 5.82 Å². The maximum Gasteiger partial charge on any atom is 0.328 e. The fourth-order valence-electron chi connectivity index (χ4n) is 2.00. The fourth-order valence-corrected chi connectivity index (χ4v) is 2.00. The molecular weight excluding hydrogens is 310 g/mol. The van der Waals surface area contributed by atoms with Crippen LogP contribution in [0.15, 0.2) is 37.2 Å². The van der Waals surface area contributed by atoms with Gasteiger partial charge < -0.3 is 4.74 Å². The molecule has 3 aromatic rings. The van der Waals surface area contributed by atoms with Crippen molar-refractivity contribution in [2.45, 2.75) is 26.5 Å². The molecule has 0 amide bonds. The molecular formula is C15H15N7O2. The van der Waals surface area contributed by atoms with Crippen molar-refractivity contribution in [1.82, 2.24) is 34.7 Å². The number of esters is 1. The zero-order valence-corrected chi connectivity index (χ0v) is 13.2. The average molecular weight is 325 g/mol. The van der Waals surface area contributed by atoms with E-state index in [0.29, 0.717) is 23.0 Å². The Morgan fingerprint density at radius 3 is 2.33 bits per heavy atom. The molecule has 0 fully saturated rings. The van der Waals surface area contributed by atoms with Crippen LogP contribution in [0, 0.1) is 0 Å². The molecule has 24 heavy (non-hydrogen) atoms. The lowest BCUT2D eigenvalue weighted by Crippen LogP contribution is -2.19. The molecule has 3 aromatic heterocycles. The summed E-state index contributed by atoms with van der Waals surface area (Å²) in [6.07, 6.45) is 9.10. The summed E-state index contributed by atoms with van der Waals surface area (Å²) in [6.45, 7) is 3.49. The first kappa shape index (κ1) is 15.7. The Hall–Kier alpha value is -3.23. The highest BCUT2D eigenvalue weighted by atomic mass is 16.5. The highest BCUT2D eigenvalue weighted by Crippen LogP contribution is 2.18. The van der Waals surface area contributed by atoms with E-state index in [9.17, 15) is 4.79 Å². The van der Waals surface area contributed by atoms with Gasteiger partial charge in [-0.2, -0.15) is 0 Å². The smallest absolute Gasteiger partial charge is 0.328 e. The van der Waals surface area contributed by atoms with Crippen LogP contribution in [0.3, 0.4) is 0 Å². The molecule has 3 rings (SSSR count). The topological polar surface area (TPSA) is 109 Å². The predicted molar refractivity (Wildman–Crippen MR) is 83.3 cm³/mol. The van der Waals surface area contributed by atoms with Crippen molar-refractivity contribution in [1.29, 1.82) is 0 Å². The van der Waals surface area contributed by atoms with E-state index in [1.807, 2.05) is 0 Å². The molecule has 0 spiro atoms. The zero-order chi connectivity index (χ0) is 16.9. The maximum atomic E-state index is 12.0. The van der Waals surface area contributed by atoms with Crippen LogP contribution in [-0.2, 0) is 16.1 Å². The maximum absolute atomic E-state index is 12.0. The van der Waals surface area contributed by atoms with E-state index >= 15 is 0 Å². The average Bonchev–Trinajstić information content (AvgIpc) is 2.99. The van der Waals surface area contributed by atoms with Crippen LogP contribution in [0.5, 0.6) is 0 Å². The molecule has 9 nitrogen and oxygen atoms in total. The summed E-state index contributed by atoms with van der Waals surface area (Å²) in [7, 11) is 0. The molecule has 0 atom stereocenters. The lowest BCUT2D eigenvalue weighted by molar-refractivity contribution is -0.148. The standard InChI is InChI=1S/C15H15N7O2/c1-10(2)24-13(23)9-22-15(12-8-17-4-6-19-12)20-14(21-22)11-7-16-3-5-18-11/h3-8,10H,9H2,1-2H3. The van der Waals surface area contributed by atoms with Gasteiger partial charge in [-0.3, -0.25) is 14.8 Å². The van der Waals surface area contributed by atoms with Gasteiger partial charge in [0.2, 0.25) is 5.82 Å². The first-order chi connectivity index (χ1) is 11.6. The quantitative estimate of drug-likeness (QED) is 0.643. The number of hydrogen-bond acceptors (Lipinski definition) is 8. The third-order valence-electron chi connectivity index (χ3n) is 2.90. The van der Waals surface area contributed by atoms with Gasteiger partial charge in [0, 0.05) is 24.8 Å². The Balaban J connectivity index is 1.99. The van der Waals surface area contributed by atoms with Crippen LogP contribution >= 0.6 is 0 Å². The summed E-state index contributed by atoms with van der Waals surface area (Å²) >= 11 is 0. The number of aromatic nitrogens is 7. The molecule has 0 saturated carbocycles. The van der Waals surface area contributed by atoms with E-state index in [4.69, 9.17) is 4.74 Å². The third-order valence-corrected chi connectivity index (χ3v) is 2.90. The minimum absolute atomic E-state index is 0.0860. The largest absolute Gasteiger partial charge is 0.462 e. The van der Waals surface area contributed by atoms with Gasteiger partial charge in [0.05, 0.1) is 18.5 Å². The number of carbonyl (C=O) groups is 1. The zero-order valence-electron chi connectivity index (χ0n) is 13.2. The molecule has 9 heteroatoms. The molecule has 0 aliphatic rings.